The molecule has 4 rings (SSSR count). The number of anilines is 3. The molecule has 0 bridgehead atoms. The first kappa shape index (κ1) is 29.2. The maximum absolute atomic E-state index is 13.4. The van der Waals surface area contributed by atoms with E-state index >= 15 is 0 Å². The summed E-state index contributed by atoms with van der Waals surface area (Å²) < 4.78 is 56.2. The molecule has 1 amide bonds. The number of carbonyl (C=O) groups excluding carboxylic acids is 1. The molecule has 0 unspecified atom stereocenters. The normalized spacial score (nSPS) is 11.5. The van der Waals surface area contributed by atoms with Crippen LogP contribution in [0.4, 0.5) is 22.7 Å². The molecule has 41 heavy (non-hydrogen) atoms. The molecular formula is C28H26N4O7S2. The number of nitrogens with one attached hydrogen (secondary N) is 2. The summed E-state index contributed by atoms with van der Waals surface area (Å²) in [6, 6.07) is 23.1. The third-order valence-electron chi connectivity index (χ3n) is 6.13. The summed E-state index contributed by atoms with van der Waals surface area (Å²) in [6.45, 7) is 2.94. The zero-order valence-electron chi connectivity index (χ0n) is 22.0. The van der Waals surface area contributed by atoms with Crippen molar-refractivity contribution in [3.8, 4) is 0 Å². The number of nitro groups is 1. The van der Waals surface area contributed by atoms with Gasteiger partial charge in [-0.3, -0.25) is 23.9 Å². The topological polar surface area (TPSA) is 156 Å². The molecule has 4 aromatic carbocycles. The number of hydrogen-bond donors (Lipinski definition) is 2. The molecule has 0 atom stereocenters. The number of rotatable bonds is 10. The molecule has 0 aliphatic carbocycles. The number of nitro benzene ring substituents is 1. The average molecular weight is 595 g/mol. The van der Waals surface area contributed by atoms with Gasteiger partial charge in [-0.2, -0.15) is 0 Å². The first-order valence-electron chi connectivity index (χ1n) is 12.2. The van der Waals surface area contributed by atoms with Crippen LogP contribution in [0.1, 0.15) is 11.1 Å². The van der Waals surface area contributed by atoms with Crippen molar-refractivity contribution in [1.82, 2.24) is 0 Å². The van der Waals surface area contributed by atoms with Crippen molar-refractivity contribution in [3.05, 3.63) is 118 Å². The van der Waals surface area contributed by atoms with Crippen molar-refractivity contribution in [2.45, 2.75) is 23.6 Å². The largest absolute Gasteiger partial charge is 0.325 e. The standard InChI is InChI=1S/C28H26N4O7S2/c1-20-7-6-8-21(2)28(20)30-40(36,37)25-17-11-22(12-18-25)29-27(33)19-31(23-13-15-24(16-14-23)32(34)35)41(38,39)26-9-4-3-5-10-26/h3-18,30H,19H2,1-2H3,(H,29,33). The Morgan fingerprint density at radius 2 is 1.37 bits per heavy atom. The van der Waals surface area contributed by atoms with Gasteiger partial charge in [-0.25, -0.2) is 16.8 Å². The van der Waals surface area contributed by atoms with Crippen LogP contribution in [0, 0.1) is 24.0 Å². The van der Waals surface area contributed by atoms with Gasteiger partial charge in [0.1, 0.15) is 6.54 Å². The highest BCUT2D eigenvalue weighted by atomic mass is 32.2. The SMILES string of the molecule is Cc1cccc(C)c1NS(=O)(=O)c1ccc(NC(=O)CN(c2ccc([N+](=O)[O-])cc2)S(=O)(=O)c2ccccc2)cc1. The Morgan fingerprint density at radius 1 is 0.780 bits per heavy atom. The molecular weight excluding hydrogens is 568 g/mol. The number of amides is 1. The molecule has 0 aliphatic heterocycles. The van der Waals surface area contributed by atoms with Crippen molar-refractivity contribution in [2.75, 3.05) is 20.9 Å². The van der Waals surface area contributed by atoms with Gasteiger partial charge >= 0.3 is 0 Å². The maximum Gasteiger partial charge on any atom is 0.269 e. The summed E-state index contributed by atoms with van der Waals surface area (Å²) in [5.41, 5.74) is 2.06. The van der Waals surface area contributed by atoms with E-state index in [2.05, 4.69) is 10.0 Å². The zero-order chi connectivity index (χ0) is 29.8. The van der Waals surface area contributed by atoms with Crippen LogP contribution in [-0.4, -0.2) is 34.2 Å². The number of hydrogen-bond acceptors (Lipinski definition) is 7. The average Bonchev–Trinajstić information content (AvgIpc) is 2.94. The van der Waals surface area contributed by atoms with E-state index in [1.165, 1.54) is 60.7 Å². The zero-order valence-corrected chi connectivity index (χ0v) is 23.6. The Morgan fingerprint density at radius 3 is 1.93 bits per heavy atom. The number of sulfonamides is 2. The molecule has 0 fully saturated rings. The maximum atomic E-state index is 13.4. The van der Waals surface area contributed by atoms with E-state index < -0.39 is 37.4 Å². The Bertz CT molecular complexity index is 1770. The van der Waals surface area contributed by atoms with Gasteiger partial charge in [0.05, 0.1) is 26.1 Å². The third kappa shape index (κ3) is 6.70. The van der Waals surface area contributed by atoms with Crippen molar-refractivity contribution in [2.24, 2.45) is 0 Å². The Balaban J connectivity index is 1.55. The smallest absolute Gasteiger partial charge is 0.269 e. The number of non-ortho nitro benzene ring substituents is 1. The van der Waals surface area contributed by atoms with Crippen molar-refractivity contribution < 1.29 is 26.6 Å². The van der Waals surface area contributed by atoms with Crippen LogP contribution in [0.15, 0.2) is 107 Å². The van der Waals surface area contributed by atoms with Crippen molar-refractivity contribution >= 4 is 48.7 Å². The minimum Gasteiger partial charge on any atom is -0.325 e. The van der Waals surface area contributed by atoms with Crippen molar-refractivity contribution in [1.29, 1.82) is 0 Å². The van der Waals surface area contributed by atoms with Crippen LogP contribution in [0.25, 0.3) is 0 Å². The number of aryl methyl sites for hydroxylation is 2. The second-order valence-electron chi connectivity index (χ2n) is 9.04. The number of nitrogens with zero attached hydrogens (tertiary/aromatic N) is 2. The van der Waals surface area contributed by atoms with E-state index in [9.17, 15) is 31.7 Å². The quantitative estimate of drug-likeness (QED) is 0.196. The van der Waals surface area contributed by atoms with Crippen LogP contribution in [0.3, 0.4) is 0 Å². The highest BCUT2D eigenvalue weighted by Gasteiger charge is 2.28. The molecule has 0 saturated carbocycles. The fourth-order valence-corrected chi connectivity index (χ4v) is 6.64. The first-order valence-corrected chi connectivity index (χ1v) is 15.1. The van der Waals surface area contributed by atoms with E-state index in [1.807, 2.05) is 6.07 Å². The Kier molecular flexibility index (Phi) is 8.40. The molecule has 11 nitrogen and oxygen atoms in total. The highest BCUT2D eigenvalue weighted by Crippen LogP contribution is 2.27. The lowest BCUT2D eigenvalue weighted by atomic mass is 10.1. The lowest BCUT2D eigenvalue weighted by molar-refractivity contribution is -0.384. The van der Waals surface area contributed by atoms with E-state index in [1.54, 1.807) is 32.0 Å². The van der Waals surface area contributed by atoms with Gasteiger partial charge in [0.2, 0.25) is 5.91 Å². The number of para-hydroxylation sites is 1. The third-order valence-corrected chi connectivity index (χ3v) is 9.29. The fraction of sp³-hybridized carbons (Fsp3) is 0.107. The fourth-order valence-electron chi connectivity index (χ4n) is 3.99. The molecule has 0 heterocycles. The summed E-state index contributed by atoms with van der Waals surface area (Å²) in [5.74, 6) is -0.716. The summed E-state index contributed by atoms with van der Waals surface area (Å²) in [7, 11) is -8.14. The Labute approximate surface area is 237 Å². The molecule has 0 saturated heterocycles. The molecule has 0 aromatic heterocycles. The van der Waals surface area contributed by atoms with Gasteiger partial charge in [0.25, 0.3) is 25.7 Å². The number of carbonyl (C=O) groups is 1. The van der Waals surface area contributed by atoms with Crippen LogP contribution < -0.4 is 14.3 Å². The van der Waals surface area contributed by atoms with Gasteiger partial charge in [-0.1, -0.05) is 36.4 Å². The minimum absolute atomic E-state index is 0.0303. The first-order chi connectivity index (χ1) is 19.4. The van der Waals surface area contributed by atoms with Crippen LogP contribution in [0.5, 0.6) is 0 Å². The molecule has 0 spiro atoms. The van der Waals surface area contributed by atoms with Crippen LogP contribution >= 0.6 is 0 Å². The molecule has 13 heteroatoms. The molecule has 0 radical (unpaired) electrons. The molecule has 0 aliphatic rings. The van der Waals surface area contributed by atoms with Gasteiger partial charge in [0.15, 0.2) is 0 Å². The lowest BCUT2D eigenvalue weighted by Crippen LogP contribution is -2.38. The van der Waals surface area contributed by atoms with Crippen LogP contribution in [-0.2, 0) is 24.8 Å². The number of benzene rings is 4. The van der Waals surface area contributed by atoms with Gasteiger partial charge in [0, 0.05) is 17.8 Å². The van der Waals surface area contributed by atoms with E-state index in [0.717, 1.165) is 27.6 Å². The predicted octanol–water partition coefficient (Wildman–Crippen LogP) is 4.85. The monoisotopic (exact) mass is 594 g/mol. The van der Waals surface area contributed by atoms with Gasteiger partial charge < -0.3 is 5.32 Å². The molecule has 4 aromatic rings. The lowest BCUT2D eigenvalue weighted by Gasteiger charge is -2.24. The second kappa shape index (κ2) is 11.8. The van der Waals surface area contributed by atoms with Gasteiger partial charge in [-0.05, 0) is 73.5 Å². The molecule has 212 valence electrons. The molecule has 2 N–H and O–H groups in total. The second-order valence-corrected chi connectivity index (χ2v) is 12.6. The summed E-state index contributed by atoms with van der Waals surface area (Å²) in [4.78, 5) is 23.3. The predicted molar refractivity (Wildman–Crippen MR) is 156 cm³/mol. The van der Waals surface area contributed by atoms with Crippen molar-refractivity contribution in [3.63, 3.8) is 0 Å². The van der Waals surface area contributed by atoms with E-state index in [4.69, 9.17) is 0 Å². The minimum atomic E-state index is -4.22. The summed E-state index contributed by atoms with van der Waals surface area (Å²) in [5, 5.41) is 13.6. The summed E-state index contributed by atoms with van der Waals surface area (Å²) >= 11 is 0. The van der Waals surface area contributed by atoms with Gasteiger partial charge in [-0.15, -0.1) is 0 Å². The highest BCUT2D eigenvalue weighted by molar-refractivity contribution is 7.93. The summed E-state index contributed by atoms with van der Waals surface area (Å²) in [6.07, 6.45) is 0. The van der Waals surface area contributed by atoms with E-state index in [0.29, 0.717) is 5.69 Å². The van der Waals surface area contributed by atoms with E-state index in [-0.39, 0.29) is 26.9 Å². The Hall–Kier alpha value is -4.75. The van der Waals surface area contributed by atoms with Crippen LogP contribution in [0.2, 0.25) is 0 Å².